The third-order valence-corrected chi connectivity index (χ3v) is 1.03. The minimum Gasteiger partial charge on any atom is -0.396 e. The van der Waals surface area contributed by atoms with Crippen molar-refractivity contribution in [2.75, 3.05) is 6.61 Å². The van der Waals surface area contributed by atoms with Gasteiger partial charge >= 0.3 is 0 Å². The van der Waals surface area contributed by atoms with Crippen molar-refractivity contribution < 1.29 is 9.63 Å². The zero-order valence-electron chi connectivity index (χ0n) is 5.29. The van der Waals surface area contributed by atoms with Gasteiger partial charge in [0.2, 0.25) is 0 Å². The van der Waals surface area contributed by atoms with Crippen LogP contribution in [0.5, 0.6) is 0 Å². The highest BCUT2D eigenvalue weighted by Crippen LogP contribution is 2.01. The minimum absolute atomic E-state index is 0.120. The van der Waals surface area contributed by atoms with Crippen LogP contribution in [0.15, 0.2) is 10.6 Å². The average Bonchev–Trinajstić information content (AvgIpc) is 2.17. The Labute approximate surface area is 53.3 Å². The van der Waals surface area contributed by atoms with E-state index in [0.717, 1.165) is 11.5 Å². The summed E-state index contributed by atoms with van der Waals surface area (Å²) < 4.78 is 4.79. The third kappa shape index (κ3) is 1.54. The van der Waals surface area contributed by atoms with Gasteiger partial charge in [-0.2, -0.15) is 0 Å². The maximum atomic E-state index is 8.44. The van der Waals surface area contributed by atoms with Gasteiger partial charge in [-0.1, -0.05) is 5.16 Å². The van der Waals surface area contributed by atoms with Crippen molar-refractivity contribution in [3.8, 4) is 0 Å². The van der Waals surface area contributed by atoms with Gasteiger partial charge in [0.1, 0.15) is 5.76 Å². The van der Waals surface area contributed by atoms with Gasteiger partial charge in [0.05, 0.1) is 12.3 Å². The first-order valence-corrected chi connectivity index (χ1v) is 2.86. The van der Waals surface area contributed by atoms with Gasteiger partial charge in [-0.3, -0.25) is 0 Å². The first kappa shape index (κ1) is 6.29. The van der Waals surface area contributed by atoms with E-state index in [9.17, 15) is 0 Å². The summed E-state index contributed by atoms with van der Waals surface area (Å²) in [5.74, 6) is 0.745. The summed E-state index contributed by atoms with van der Waals surface area (Å²) in [6.45, 7) is 1.97. The molecule has 0 amide bonds. The minimum atomic E-state index is 0.120. The Hall–Kier alpha value is -0.830. The van der Waals surface area contributed by atoms with Crippen molar-refractivity contribution in [1.29, 1.82) is 0 Å². The monoisotopic (exact) mass is 127 g/mol. The second kappa shape index (κ2) is 2.64. The van der Waals surface area contributed by atoms with Crippen LogP contribution in [0.4, 0.5) is 0 Å². The van der Waals surface area contributed by atoms with Crippen LogP contribution in [0.2, 0.25) is 0 Å². The second-order valence-electron chi connectivity index (χ2n) is 1.91. The lowest BCUT2D eigenvalue weighted by Gasteiger charge is -1.83. The van der Waals surface area contributed by atoms with Crippen molar-refractivity contribution >= 4 is 0 Å². The molecule has 0 atom stereocenters. The normalized spacial score (nSPS) is 10.0. The molecule has 0 aliphatic carbocycles. The molecule has 1 N–H and O–H groups in total. The Bertz CT molecular complexity index is 183. The molecule has 1 heterocycles. The van der Waals surface area contributed by atoms with Gasteiger partial charge in [-0.25, -0.2) is 0 Å². The molecule has 1 aromatic rings. The molecule has 0 aromatic carbocycles. The fourth-order valence-electron chi connectivity index (χ4n) is 0.644. The maximum Gasteiger partial charge on any atom is 0.139 e. The molecule has 0 radical (unpaired) electrons. The van der Waals surface area contributed by atoms with E-state index in [4.69, 9.17) is 9.63 Å². The molecule has 0 saturated heterocycles. The van der Waals surface area contributed by atoms with Gasteiger partial charge in [0, 0.05) is 12.5 Å². The number of aliphatic hydroxyl groups is 1. The summed E-state index contributed by atoms with van der Waals surface area (Å²) in [4.78, 5) is 0. The molecule has 0 unspecified atom stereocenters. The molecule has 1 rings (SSSR count). The van der Waals surface area contributed by atoms with E-state index in [-0.39, 0.29) is 6.61 Å². The molecule has 50 valence electrons. The molecule has 0 fully saturated rings. The highest BCUT2D eigenvalue weighted by molar-refractivity contribution is 5.02. The van der Waals surface area contributed by atoms with Crippen molar-refractivity contribution in [2.45, 2.75) is 13.3 Å². The molecule has 3 nitrogen and oxygen atoms in total. The van der Waals surface area contributed by atoms with E-state index in [1.165, 1.54) is 0 Å². The topological polar surface area (TPSA) is 46.3 Å². The van der Waals surface area contributed by atoms with E-state index in [1.54, 1.807) is 0 Å². The second-order valence-corrected chi connectivity index (χ2v) is 1.91. The summed E-state index contributed by atoms with van der Waals surface area (Å²) in [6.07, 6.45) is 0.556. The lowest BCUT2D eigenvalue weighted by atomic mass is 10.3. The predicted octanol–water partition coefficient (Wildman–Crippen LogP) is 0.518. The number of rotatable bonds is 2. The van der Waals surface area contributed by atoms with Crippen LogP contribution in [0.3, 0.4) is 0 Å². The molecule has 0 bridgehead atoms. The van der Waals surface area contributed by atoms with Crippen LogP contribution >= 0.6 is 0 Å². The van der Waals surface area contributed by atoms with Crippen molar-refractivity contribution in [2.24, 2.45) is 0 Å². The quantitative estimate of drug-likeness (QED) is 0.629. The number of hydrogen-bond donors (Lipinski definition) is 1. The fraction of sp³-hybridized carbons (Fsp3) is 0.500. The molecule has 0 spiro atoms. The molecule has 9 heavy (non-hydrogen) atoms. The largest absolute Gasteiger partial charge is 0.396 e. The molecular weight excluding hydrogens is 118 g/mol. The summed E-state index contributed by atoms with van der Waals surface area (Å²) in [6, 6.07) is 1.82. The number of aromatic nitrogens is 1. The highest BCUT2D eigenvalue weighted by atomic mass is 16.5. The van der Waals surface area contributed by atoms with E-state index in [0.29, 0.717) is 6.42 Å². The summed E-state index contributed by atoms with van der Waals surface area (Å²) in [5.41, 5.74) is 0.860. The van der Waals surface area contributed by atoms with Gasteiger partial charge in [0.25, 0.3) is 0 Å². The van der Waals surface area contributed by atoms with Crippen molar-refractivity contribution in [1.82, 2.24) is 5.16 Å². The summed E-state index contributed by atoms with van der Waals surface area (Å²) >= 11 is 0. The fourth-order valence-corrected chi connectivity index (χ4v) is 0.644. The Morgan fingerprint density at radius 1 is 1.78 bits per heavy atom. The van der Waals surface area contributed by atoms with Crippen molar-refractivity contribution in [3.63, 3.8) is 0 Å². The van der Waals surface area contributed by atoms with E-state index in [1.807, 2.05) is 13.0 Å². The number of nitrogens with zero attached hydrogens (tertiary/aromatic N) is 1. The smallest absolute Gasteiger partial charge is 0.139 e. The Balaban J connectivity index is 2.61. The Kier molecular flexibility index (Phi) is 1.85. The predicted molar refractivity (Wildman–Crippen MR) is 32.0 cm³/mol. The summed E-state index contributed by atoms with van der Waals surface area (Å²) in [5, 5.41) is 12.1. The molecule has 3 heteroatoms. The summed E-state index contributed by atoms with van der Waals surface area (Å²) in [7, 11) is 0. The van der Waals surface area contributed by atoms with E-state index in [2.05, 4.69) is 5.16 Å². The zero-order chi connectivity index (χ0) is 6.69. The van der Waals surface area contributed by atoms with Crippen LogP contribution in [0.1, 0.15) is 11.5 Å². The Morgan fingerprint density at radius 2 is 2.56 bits per heavy atom. The lowest BCUT2D eigenvalue weighted by molar-refractivity contribution is 0.277. The first-order valence-electron chi connectivity index (χ1n) is 2.86. The van der Waals surface area contributed by atoms with E-state index >= 15 is 0 Å². The first-order chi connectivity index (χ1) is 4.33. The zero-order valence-corrected chi connectivity index (χ0v) is 5.29. The highest BCUT2D eigenvalue weighted by Gasteiger charge is 1.96. The van der Waals surface area contributed by atoms with Crippen LogP contribution in [0, 0.1) is 6.92 Å². The SMILES string of the molecule is Cc1cc(CCO)on1. The number of aliphatic hydroxyl groups excluding tert-OH is 1. The lowest BCUT2D eigenvalue weighted by Crippen LogP contribution is -1.86. The molecular formula is C6H9NO2. The standard InChI is InChI=1S/C6H9NO2/c1-5-4-6(2-3-8)9-7-5/h4,8H,2-3H2,1H3. The van der Waals surface area contributed by atoms with Gasteiger partial charge in [-0.15, -0.1) is 0 Å². The molecule has 1 aromatic heterocycles. The third-order valence-electron chi connectivity index (χ3n) is 1.03. The van der Waals surface area contributed by atoms with Crippen LogP contribution in [-0.4, -0.2) is 16.9 Å². The number of aryl methyl sites for hydroxylation is 1. The van der Waals surface area contributed by atoms with Gasteiger partial charge < -0.3 is 9.63 Å². The molecule has 0 saturated carbocycles. The molecule has 0 aliphatic rings. The van der Waals surface area contributed by atoms with Crippen LogP contribution in [-0.2, 0) is 6.42 Å². The van der Waals surface area contributed by atoms with Gasteiger partial charge in [0.15, 0.2) is 0 Å². The van der Waals surface area contributed by atoms with Crippen molar-refractivity contribution in [3.05, 3.63) is 17.5 Å². The van der Waals surface area contributed by atoms with E-state index < -0.39 is 0 Å². The van der Waals surface area contributed by atoms with Crippen LogP contribution < -0.4 is 0 Å². The van der Waals surface area contributed by atoms with Crippen LogP contribution in [0.25, 0.3) is 0 Å². The average molecular weight is 127 g/mol. The molecule has 0 aliphatic heterocycles. The van der Waals surface area contributed by atoms with Gasteiger partial charge in [-0.05, 0) is 6.92 Å². The maximum absolute atomic E-state index is 8.44. The Morgan fingerprint density at radius 3 is 3.00 bits per heavy atom. The number of hydrogen-bond acceptors (Lipinski definition) is 3.